The van der Waals surface area contributed by atoms with E-state index < -0.39 is 0 Å². The van der Waals surface area contributed by atoms with E-state index in [0.29, 0.717) is 0 Å². The summed E-state index contributed by atoms with van der Waals surface area (Å²) in [6.07, 6.45) is 2.18. The average Bonchev–Trinajstić information content (AvgIpc) is 1.86. The van der Waals surface area contributed by atoms with E-state index in [4.69, 9.17) is 3.07 Å². The number of halogens is 1. The van der Waals surface area contributed by atoms with Gasteiger partial charge in [0, 0.05) is 24.9 Å². The molecule has 10 heavy (non-hydrogen) atoms. The van der Waals surface area contributed by atoms with Crippen LogP contribution in [0.15, 0.2) is 0 Å². The van der Waals surface area contributed by atoms with E-state index in [1.54, 1.807) is 0 Å². The Bertz CT molecular complexity index is 95.0. The Balaban J connectivity index is 1.93. The predicted octanol–water partition coefficient (Wildman–Crippen LogP) is 1.40. The molecule has 0 amide bonds. The van der Waals surface area contributed by atoms with E-state index in [1.807, 2.05) is 34.8 Å². The van der Waals surface area contributed by atoms with Gasteiger partial charge in [0.1, 0.15) is 23.0 Å². The fraction of sp³-hybridized carbons (Fsp3) is 1.00. The molecule has 0 bridgehead atoms. The molecule has 0 aromatic carbocycles. The summed E-state index contributed by atoms with van der Waals surface area (Å²) >= 11 is 3.91. The van der Waals surface area contributed by atoms with E-state index in [-0.39, 0.29) is 0 Å². The number of thioether (sulfide) groups is 1. The first kappa shape index (κ1) is 9.09. The summed E-state index contributed by atoms with van der Waals surface area (Å²) in [5.74, 6) is 0. The lowest BCUT2D eigenvalue weighted by atomic mass is 10.2. The van der Waals surface area contributed by atoms with Crippen molar-refractivity contribution in [3.05, 3.63) is 0 Å². The van der Waals surface area contributed by atoms with E-state index in [9.17, 15) is 0 Å². The average molecular weight is 273 g/mol. The molecular weight excluding hydrogens is 261 g/mol. The summed E-state index contributed by atoms with van der Waals surface area (Å²) in [7, 11) is 0. The summed E-state index contributed by atoms with van der Waals surface area (Å²) in [6.45, 7) is 4.46. The van der Waals surface area contributed by atoms with Crippen LogP contribution in [0.1, 0.15) is 0 Å². The lowest BCUT2D eigenvalue weighted by Crippen LogP contribution is -2.49. The van der Waals surface area contributed by atoms with Gasteiger partial charge in [-0.25, -0.2) is 0 Å². The van der Waals surface area contributed by atoms with Crippen LogP contribution in [0.25, 0.3) is 0 Å². The minimum Gasteiger partial charge on any atom is -0.314 e. The van der Waals surface area contributed by atoms with Gasteiger partial charge >= 0.3 is 0 Å². The molecule has 2 nitrogen and oxygen atoms in total. The molecule has 0 spiro atoms. The van der Waals surface area contributed by atoms with Crippen LogP contribution in [0, 0.1) is 0 Å². The molecule has 0 aromatic rings. The van der Waals surface area contributed by atoms with Crippen LogP contribution >= 0.6 is 34.8 Å². The number of nitrogens with zero attached hydrogens (tertiary/aromatic N) is 1. The molecule has 0 aromatic heterocycles. The van der Waals surface area contributed by atoms with Crippen molar-refractivity contribution in [3.63, 3.8) is 0 Å². The van der Waals surface area contributed by atoms with Crippen LogP contribution in [0.5, 0.6) is 0 Å². The van der Waals surface area contributed by atoms with Crippen molar-refractivity contribution in [1.82, 2.24) is 4.90 Å². The third-order valence-electron chi connectivity index (χ3n) is 1.74. The number of hydrogen-bond donors (Lipinski definition) is 0. The van der Waals surface area contributed by atoms with E-state index in [1.165, 1.54) is 13.1 Å². The number of hydrogen-bond acceptors (Lipinski definition) is 3. The van der Waals surface area contributed by atoms with Gasteiger partial charge in [-0.1, -0.05) is 0 Å². The molecule has 0 radical (unpaired) electrons. The highest BCUT2D eigenvalue weighted by Gasteiger charge is 2.24. The Kier molecular flexibility index (Phi) is 4.36. The standard InChI is InChI=1S/C6H12INOS/c1-10-6-4-8(5-6)2-3-9-7/h6H,2-5H2,1H3. The number of likely N-dealkylation sites (tertiary alicyclic amines) is 1. The number of rotatable bonds is 4. The van der Waals surface area contributed by atoms with Gasteiger partial charge in [-0.05, 0) is 6.26 Å². The largest absolute Gasteiger partial charge is 0.314 e. The van der Waals surface area contributed by atoms with E-state index in [2.05, 4.69) is 11.2 Å². The zero-order chi connectivity index (χ0) is 7.40. The molecule has 0 unspecified atom stereocenters. The molecule has 1 rings (SSSR count). The molecule has 1 heterocycles. The zero-order valence-corrected chi connectivity index (χ0v) is 9.02. The second kappa shape index (κ2) is 4.79. The van der Waals surface area contributed by atoms with Gasteiger partial charge in [-0.15, -0.1) is 0 Å². The Morgan fingerprint density at radius 3 is 2.90 bits per heavy atom. The van der Waals surface area contributed by atoms with E-state index in [0.717, 1.165) is 18.4 Å². The van der Waals surface area contributed by atoms with Crippen LogP contribution in [0.2, 0.25) is 0 Å². The van der Waals surface area contributed by atoms with Crippen molar-refractivity contribution in [1.29, 1.82) is 0 Å². The quantitative estimate of drug-likeness (QED) is 0.718. The second-order valence-electron chi connectivity index (χ2n) is 2.43. The topological polar surface area (TPSA) is 12.5 Å². The Hall–Kier alpha value is 1.00. The van der Waals surface area contributed by atoms with Gasteiger partial charge in [-0.2, -0.15) is 11.8 Å². The van der Waals surface area contributed by atoms with Crippen molar-refractivity contribution in [2.75, 3.05) is 32.5 Å². The first-order valence-corrected chi connectivity index (χ1v) is 5.52. The molecule has 60 valence electrons. The van der Waals surface area contributed by atoms with Gasteiger partial charge in [0.25, 0.3) is 0 Å². The van der Waals surface area contributed by atoms with Crippen LogP contribution < -0.4 is 0 Å². The maximum atomic E-state index is 4.94. The van der Waals surface area contributed by atoms with Crippen LogP contribution in [-0.4, -0.2) is 42.6 Å². The third-order valence-corrected chi connectivity index (χ3v) is 3.15. The Morgan fingerprint density at radius 2 is 2.40 bits per heavy atom. The first-order valence-electron chi connectivity index (χ1n) is 3.35. The molecule has 0 saturated carbocycles. The van der Waals surface area contributed by atoms with Gasteiger partial charge in [0.05, 0.1) is 6.61 Å². The van der Waals surface area contributed by atoms with Gasteiger partial charge in [-0.3, -0.25) is 4.90 Å². The SMILES string of the molecule is CSC1CN(CCOI)C1. The molecule has 4 heteroatoms. The summed E-state index contributed by atoms with van der Waals surface area (Å²) in [4.78, 5) is 2.42. The first-order chi connectivity index (χ1) is 4.86. The maximum absolute atomic E-state index is 4.94. The van der Waals surface area contributed by atoms with Crippen molar-refractivity contribution < 1.29 is 3.07 Å². The molecule has 1 fully saturated rings. The summed E-state index contributed by atoms with van der Waals surface area (Å²) < 4.78 is 4.94. The van der Waals surface area contributed by atoms with Gasteiger partial charge < -0.3 is 3.07 Å². The summed E-state index contributed by atoms with van der Waals surface area (Å²) in [5.41, 5.74) is 0. The Labute approximate surface area is 80.4 Å². The molecule has 1 aliphatic rings. The minimum atomic E-state index is 0.863. The molecule has 0 atom stereocenters. The second-order valence-corrected chi connectivity index (χ2v) is 4.19. The van der Waals surface area contributed by atoms with Gasteiger partial charge in [0.2, 0.25) is 0 Å². The van der Waals surface area contributed by atoms with E-state index >= 15 is 0 Å². The van der Waals surface area contributed by atoms with Crippen molar-refractivity contribution in [3.8, 4) is 0 Å². The molecule has 0 aliphatic carbocycles. The highest BCUT2D eigenvalue weighted by Crippen LogP contribution is 2.18. The highest BCUT2D eigenvalue weighted by atomic mass is 127. The third kappa shape index (κ3) is 2.56. The van der Waals surface area contributed by atoms with Crippen LogP contribution in [0.4, 0.5) is 0 Å². The molecule has 1 saturated heterocycles. The van der Waals surface area contributed by atoms with Crippen molar-refractivity contribution in [2.24, 2.45) is 0 Å². The predicted molar refractivity (Wildman–Crippen MR) is 53.7 cm³/mol. The fourth-order valence-electron chi connectivity index (χ4n) is 1.02. The molecule has 1 aliphatic heterocycles. The zero-order valence-electron chi connectivity index (χ0n) is 6.05. The lowest BCUT2D eigenvalue weighted by molar-refractivity contribution is 0.169. The van der Waals surface area contributed by atoms with Crippen LogP contribution in [-0.2, 0) is 3.07 Å². The summed E-state index contributed by atoms with van der Waals surface area (Å²) in [5, 5.41) is 0.884. The van der Waals surface area contributed by atoms with Crippen molar-refractivity contribution >= 4 is 34.8 Å². The highest BCUT2D eigenvalue weighted by molar-refractivity contribution is 14.1. The Morgan fingerprint density at radius 1 is 1.70 bits per heavy atom. The monoisotopic (exact) mass is 273 g/mol. The minimum absolute atomic E-state index is 0.863. The lowest BCUT2D eigenvalue weighted by Gasteiger charge is -2.37. The van der Waals surface area contributed by atoms with Gasteiger partial charge in [0.15, 0.2) is 0 Å². The molecular formula is C6H12INOS. The van der Waals surface area contributed by atoms with Crippen molar-refractivity contribution in [2.45, 2.75) is 5.25 Å². The molecule has 0 N–H and O–H groups in total. The normalized spacial score (nSPS) is 21.0. The smallest absolute Gasteiger partial charge is 0.109 e. The fourth-order valence-corrected chi connectivity index (χ4v) is 1.93. The maximum Gasteiger partial charge on any atom is 0.109 e. The summed E-state index contributed by atoms with van der Waals surface area (Å²) in [6, 6.07) is 0. The van der Waals surface area contributed by atoms with Crippen LogP contribution in [0.3, 0.4) is 0 Å².